The van der Waals surface area contributed by atoms with Crippen LogP contribution < -0.4 is 9.88 Å². The highest BCUT2D eigenvalue weighted by molar-refractivity contribution is 7.89. The summed E-state index contributed by atoms with van der Waals surface area (Å²) in [5.74, 6) is -0.774. The number of carbonyl (C=O) groups is 2. The molecule has 1 unspecified atom stereocenters. The zero-order chi connectivity index (χ0) is 16.3. The molecule has 1 saturated carbocycles. The predicted octanol–water partition coefficient (Wildman–Crippen LogP) is 1.01. The summed E-state index contributed by atoms with van der Waals surface area (Å²) < 4.78 is 33.0. The van der Waals surface area contributed by atoms with Gasteiger partial charge in [0.05, 0.1) is 12.0 Å². The highest BCUT2D eigenvalue weighted by Crippen LogP contribution is 2.25. The van der Waals surface area contributed by atoms with E-state index < -0.39 is 22.1 Å². The molecule has 8 heteroatoms. The van der Waals surface area contributed by atoms with Gasteiger partial charge in [-0.3, -0.25) is 4.79 Å². The number of Topliss-reactive ketones (excluding diaryl/α,β-unsaturated/α-hetero) is 1. The summed E-state index contributed by atoms with van der Waals surface area (Å²) in [5.41, 5.74) is -0.0765. The lowest BCUT2D eigenvalue weighted by atomic mass is 9.96. The van der Waals surface area contributed by atoms with Crippen LogP contribution in [0.2, 0.25) is 0 Å². The molecule has 0 aromatic heterocycles. The minimum atomic E-state index is -3.96. The quantitative estimate of drug-likeness (QED) is 0.826. The number of ketones is 1. The van der Waals surface area contributed by atoms with Gasteiger partial charge in [-0.15, -0.1) is 0 Å². The number of carbonyl (C=O) groups excluding carboxylic acids is 2. The van der Waals surface area contributed by atoms with E-state index in [1.807, 2.05) is 0 Å². The van der Waals surface area contributed by atoms with E-state index >= 15 is 0 Å². The van der Waals surface area contributed by atoms with Crippen LogP contribution in [0, 0.1) is 0 Å². The summed E-state index contributed by atoms with van der Waals surface area (Å²) in [6.45, 7) is 0. The first kappa shape index (κ1) is 16.4. The number of sulfonamides is 1. The van der Waals surface area contributed by atoms with Crippen LogP contribution >= 0.6 is 0 Å². The fourth-order valence-electron chi connectivity index (χ4n) is 2.29. The number of hydrogen-bond acceptors (Lipinski definition) is 6. The lowest BCUT2D eigenvalue weighted by Gasteiger charge is -2.21. The van der Waals surface area contributed by atoms with Gasteiger partial charge in [-0.2, -0.15) is 0 Å². The molecule has 0 spiro atoms. The number of benzene rings is 1. The van der Waals surface area contributed by atoms with Gasteiger partial charge in [-0.05, 0) is 37.5 Å². The summed E-state index contributed by atoms with van der Waals surface area (Å²) in [7, 11) is -2.62. The average molecular weight is 327 g/mol. The molecular weight excluding hydrogens is 310 g/mol. The average Bonchev–Trinajstić information content (AvgIpc) is 2.48. The Balaban J connectivity index is 2.29. The van der Waals surface area contributed by atoms with E-state index in [1.165, 1.54) is 19.2 Å². The van der Waals surface area contributed by atoms with Gasteiger partial charge in [0.1, 0.15) is 11.3 Å². The van der Waals surface area contributed by atoms with Crippen LogP contribution in [0.4, 0.5) is 0 Å². The molecule has 1 fully saturated rings. The fraction of sp³-hybridized carbons (Fsp3) is 0.429. The van der Waals surface area contributed by atoms with Gasteiger partial charge in [0, 0.05) is 6.42 Å². The lowest BCUT2D eigenvalue weighted by Crippen LogP contribution is -2.30. The van der Waals surface area contributed by atoms with Gasteiger partial charge < -0.3 is 9.47 Å². The smallest absolute Gasteiger partial charge is 0.342 e. The van der Waals surface area contributed by atoms with Gasteiger partial charge in [-0.1, -0.05) is 0 Å². The van der Waals surface area contributed by atoms with Gasteiger partial charge in [0.15, 0.2) is 11.9 Å². The fourth-order valence-corrected chi connectivity index (χ4v) is 2.83. The maximum absolute atomic E-state index is 12.2. The Bertz CT molecular complexity index is 697. The number of methoxy groups -OCH3 is 1. The Morgan fingerprint density at radius 2 is 2.05 bits per heavy atom. The van der Waals surface area contributed by atoms with Gasteiger partial charge in [0.2, 0.25) is 10.0 Å². The van der Waals surface area contributed by atoms with Crippen molar-refractivity contribution in [2.45, 2.75) is 36.7 Å². The molecule has 1 aliphatic rings. The standard InChI is InChI=1S/C14H17NO6S/c1-20-12-7-6-9(22(15,18)19)8-10(12)14(17)21-13-5-3-2-4-11(13)16/h6-8,13H,2-5H2,1H3,(H2,15,18,19). The number of hydrogen-bond donors (Lipinski definition) is 1. The van der Waals surface area contributed by atoms with E-state index in [0.29, 0.717) is 12.8 Å². The van der Waals surface area contributed by atoms with E-state index in [2.05, 4.69) is 0 Å². The van der Waals surface area contributed by atoms with Crippen LogP contribution in [-0.2, 0) is 19.6 Å². The van der Waals surface area contributed by atoms with Crippen LogP contribution in [0.15, 0.2) is 23.1 Å². The molecule has 0 saturated heterocycles. The Labute approximate surface area is 128 Å². The normalized spacial score (nSPS) is 18.8. The first-order valence-electron chi connectivity index (χ1n) is 6.77. The Morgan fingerprint density at radius 1 is 1.32 bits per heavy atom. The van der Waals surface area contributed by atoms with Crippen molar-refractivity contribution in [1.29, 1.82) is 0 Å². The van der Waals surface area contributed by atoms with Gasteiger partial charge in [-0.25, -0.2) is 18.4 Å². The summed E-state index contributed by atoms with van der Waals surface area (Å²) in [4.78, 5) is 23.7. The van der Waals surface area contributed by atoms with E-state index in [0.717, 1.165) is 18.9 Å². The van der Waals surface area contributed by atoms with E-state index in [1.54, 1.807) is 0 Å². The Hall–Kier alpha value is -1.93. The van der Waals surface area contributed by atoms with Crippen molar-refractivity contribution in [1.82, 2.24) is 0 Å². The third-order valence-corrected chi connectivity index (χ3v) is 4.38. The first-order chi connectivity index (χ1) is 10.3. The molecule has 2 N–H and O–H groups in total. The van der Waals surface area contributed by atoms with Gasteiger partial charge >= 0.3 is 5.97 Å². The number of ether oxygens (including phenoxy) is 2. The van der Waals surface area contributed by atoms with Crippen LogP contribution in [0.25, 0.3) is 0 Å². The van der Waals surface area contributed by atoms with Crippen molar-refractivity contribution in [3.63, 3.8) is 0 Å². The molecule has 7 nitrogen and oxygen atoms in total. The largest absolute Gasteiger partial charge is 0.496 e. The molecule has 1 atom stereocenters. The number of rotatable bonds is 4. The van der Waals surface area contributed by atoms with E-state index in [9.17, 15) is 18.0 Å². The van der Waals surface area contributed by atoms with Crippen molar-refractivity contribution in [3.8, 4) is 5.75 Å². The zero-order valence-electron chi connectivity index (χ0n) is 12.1. The SMILES string of the molecule is COc1ccc(S(N)(=O)=O)cc1C(=O)OC1CCCCC1=O. The van der Waals surface area contributed by atoms with Crippen molar-refractivity contribution in [2.75, 3.05) is 7.11 Å². The van der Waals surface area contributed by atoms with Crippen molar-refractivity contribution in [3.05, 3.63) is 23.8 Å². The molecule has 0 radical (unpaired) electrons. The summed E-state index contributed by atoms with van der Waals surface area (Å²) in [6, 6.07) is 3.64. The molecule has 1 aliphatic carbocycles. The summed E-state index contributed by atoms with van der Waals surface area (Å²) >= 11 is 0. The number of nitrogens with two attached hydrogens (primary N) is 1. The van der Waals surface area contributed by atoms with Crippen LogP contribution in [0.3, 0.4) is 0 Å². The third-order valence-electron chi connectivity index (χ3n) is 3.47. The molecular formula is C14H17NO6S. The second-order valence-electron chi connectivity index (χ2n) is 5.01. The molecule has 2 rings (SSSR count). The second-order valence-corrected chi connectivity index (χ2v) is 6.57. The monoisotopic (exact) mass is 327 g/mol. The second kappa shape index (κ2) is 6.45. The van der Waals surface area contributed by atoms with Crippen molar-refractivity contribution in [2.24, 2.45) is 5.14 Å². The van der Waals surface area contributed by atoms with E-state index in [-0.39, 0.29) is 22.0 Å². The molecule has 0 heterocycles. The number of esters is 1. The molecule has 120 valence electrons. The van der Waals surface area contributed by atoms with E-state index in [4.69, 9.17) is 14.6 Å². The van der Waals surface area contributed by atoms with Gasteiger partial charge in [0.25, 0.3) is 0 Å². The van der Waals surface area contributed by atoms with Crippen LogP contribution in [0.5, 0.6) is 5.75 Å². The van der Waals surface area contributed by atoms with Crippen molar-refractivity contribution >= 4 is 21.8 Å². The molecule has 0 bridgehead atoms. The summed E-state index contributed by atoms with van der Waals surface area (Å²) in [5, 5.41) is 5.05. The van der Waals surface area contributed by atoms with Crippen molar-refractivity contribution < 1.29 is 27.5 Å². The third kappa shape index (κ3) is 3.63. The number of primary sulfonamides is 1. The highest BCUT2D eigenvalue weighted by Gasteiger charge is 2.28. The topological polar surface area (TPSA) is 113 Å². The highest BCUT2D eigenvalue weighted by atomic mass is 32.2. The zero-order valence-corrected chi connectivity index (χ0v) is 12.9. The molecule has 0 aliphatic heterocycles. The minimum Gasteiger partial charge on any atom is -0.496 e. The molecule has 1 aromatic carbocycles. The summed E-state index contributed by atoms with van der Waals surface area (Å²) in [6.07, 6.45) is 1.66. The Kier molecular flexibility index (Phi) is 4.82. The van der Waals surface area contributed by atoms with Crippen LogP contribution in [0.1, 0.15) is 36.0 Å². The minimum absolute atomic E-state index is 0.0765. The Morgan fingerprint density at radius 3 is 2.64 bits per heavy atom. The maximum atomic E-state index is 12.2. The maximum Gasteiger partial charge on any atom is 0.342 e. The first-order valence-corrected chi connectivity index (χ1v) is 8.32. The molecule has 1 aromatic rings. The molecule has 22 heavy (non-hydrogen) atoms. The molecule has 0 amide bonds. The van der Waals surface area contributed by atoms with Crippen LogP contribution in [-0.4, -0.2) is 33.4 Å². The predicted molar refractivity (Wildman–Crippen MR) is 77.0 cm³/mol. The lowest BCUT2D eigenvalue weighted by molar-refractivity contribution is -0.129.